The van der Waals surface area contributed by atoms with Crippen molar-refractivity contribution in [1.82, 2.24) is 8.86 Å². The van der Waals surface area contributed by atoms with Gasteiger partial charge >= 0.3 is 0 Å². The number of aromatic nitrogens is 1. The molecule has 0 bridgehead atoms. The number of halogens is 2. The van der Waals surface area contributed by atoms with Crippen LogP contribution in [0.4, 0.5) is 0 Å². The second-order valence-corrected chi connectivity index (χ2v) is 7.34. The van der Waals surface area contributed by atoms with Crippen LogP contribution in [-0.2, 0) is 6.54 Å². The topological polar surface area (TPSA) is 25.2 Å². The lowest BCUT2D eigenvalue weighted by atomic mass is 9.97. The highest BCUT2D eigenvalue weighted by Crippen LogP contribution is 2.29. The van der Waals surface area contributed by atoms with Crippen molar-refractivity contribution in [2.45, 2.75) is 19.4 Å². The molecule has 6 heteroatoms. The first-order valence-electron chi connectivity index (χ1n) is 6.72. The molecule has 0 atom stereocenters. The Kier molecular flexibility index (Phi) is 4.09. The molecule has 0 spiro atoms. The van der Waals surface area contributed by atoms with Crippen LogP contribution in [0.15, 0.2) is 16.9 Å². The van der Waals surface area contributed by atoms with Crippen molar-refractivity contribution in [3.05, 3.63) is 32.5 Å². The van der Waals surface area contributed by atoms with Crippen LogP contribution in [0, 0.1) is 5.92 Å². The molecule has 1 aromatic heterocycles. The summed E-state index contributed by atoms with van der Waals surface area (Å²) in [6.45, 7) is 3.03. The minimum atomic E-state index is 0.0579. The molecule has 0 unspecified atom stereocenters. The van der Waals surface area contributed by atoms with E-state index < -0.39 is 0 Å². The third kappa shape index (κ3) is 2.75. The van der Waals surface area contributed by atoms with Gasteiger partial charge < -0.3 is 4.90 Å². The van der Waals surface area contributed by atoms with Crippen LogP contribution in [-0.4, -0.2) is 29.0 Å². The molecule has 1 aromatic carbocycles. The van der Waals surface area contributed by atoms with Gasteiger partial charge in [-0.05, 0) is 51.0 Å². The van der Waals surface area contributed by atoms with Gasteiger partial charge in [-0.3, -0.25) is 8.75 Å². The van der Waals surface area contributed by atoms with Gasteiger partial charge in [0.25, 0.3) is 5.56 Å². The van der Waals surface area contributed by atoms with Crippen LogP contribution in [0.1, 0.15) is 12.8 Å². The van der Waals surface area contributed by atoms with Crippen molar-refractivity contribution in [3.63, 3.8) is 0 Å². The van der Waals surface area contributed by atoms with Crippen LogP contribution < -0.4 is 5.56 Å². The van der Waals surface area contributed by atoms with Gasteiger partial charge in [0, 0.05) is 6.54 Å². The second kappa shape index (κ2) is 5.68. The molecule has 1 aliphatic heterocycles. The van der Waals surface area contributed by atoms with Crippen LogP contribution in [0.25, 0.3) is 10.1 Å². The molecule has 3 nitrogen and oxygen atoms in total. The molecule has 2 heterocycles. The number of likely N-dealkylation sites (tertiary alicyclic amines) is 1. The summed E-state index contributed by atoms with van der Waals surface area (Å²) in [5.74, 6) is 0.586. The Labute approximate surface area is 131 Å². The van der Waals surface area contributed by atoms with Gasteiger partial charge in [0.15, 0.2) is 0 Å². The molecule has 0 N–H and O–H groups in total. The molecule has 0 aliphatic carbocycles. The van der Waals surface area contributed by atoms with Gasteiger partial charge in [-0.2, -0.15) is 0 Å². The summed E-state index contributed by atoms with van der Waals surface area (Å²) in [5, 5.41) is 1.63. The van der Waals surface area contributed by atoms with E-state index in [0.717, 1.165) is 37.2 Å². The first kappa shape index (κ1) is 14.4. The van der Waals surface area contributed by atoms with Crippen LogP contribution in [0.3, 0.4) is 0 Å². The Morgan fingerprint density at radius 1 is 1.25 bits per heavy atom. The molecule has 0 saturated carbocycles. The fourth-order valence-corrected chi connectivity index (χ4v) is 4.18. The minimum absolute atomic E-state index is 0.0579. The monoisotopic (exact) mass is 330 g/mol. The first-order valence-corrected chi connectivity index (χ1v) is 8.25. The molecule has 1 saturated heterocycles. The molecule has 20 heavy (non-hydrogen) atoms. The van der Waals surface area contributed by atoms with Gasteiger partial charge in [0.2, 0.25) is 0 Å². The second-order valence-electron chi connectivity index (χ2n) is 5.47. The molecule has 0 amide bonds. The molecule has 2 aromatic rings. The first-order chi connectivity index (χ1) is 9.54. The van der Waals surface area contributed by atoms with E-state index in [1.54, 1.807) is 12.1 Å². The average Bonchev–Trinajstić information content (AvgIpc) is 2.70. The Bertz CT molecular complexity index is 686. The van der Waals surface area contributed by atoms with E-state index in [-0.39, 0.29) is 5.56 Å². The Balaban J connectivity index is 1.89. The van der Waals surface area contributed by atoms with E-state index in [1.165, 1.54) is 11.5 Å². The van der Waals surface area contributed by atoms with E-state index in [0.29, 0.717) is 21.3 Å². The standard InChI is InChI=1S/C14H16Cl2N2OS/c1-17-4-2-9(3-5-17)8-18-14(19)10-6-11(15)12(16)7-13(10)20-18/h6-7,9H,2-5,8H2,1H3. The Morgan fingerprint density at radius 3 is 2.60 bits per heavy atom. The number of rotatable bonds is 2. The summed E-state index contributed by atoms with van der Waals surface area (Å²) in [4.78, 5) is 14.7. The summed E-state index contributed by atoms with van der Waals surface area (Å²) in [6, 6.07) is 3.47. The van der Waals surface area contributed by atoms with Crippen molar-refractivity contribution in [1.29, 1.82) is 0 Å². The predicted octanol–water partition coefficient (Wildman–Crippen LogP) is 3.71. The zero-order valence-corrected chi connectivity index (χ0v) is 13.6. The van der Waals surface area contributed by atoms with Gasteiger partial charge in [-0.25, -0.2) is 0 Å². The average molecular weight is 331 g/mol. The quantitative estimate of drug-likeness (QED) is 0.838. The number of benzene rings is 1. The fraction of sp³-hybridized carbons (Fsp3) is 0.500. The maximum absolute atomic E-state index is 12.4. The minimum Gasteiger partial charge on any atom is -0.306 e. The summed E-state index contributed by atoms with van der Waals surface area (Å²) in [6.07, 6.45) is 2.30. The lowest BCUT2D eigenvalue weighted by Gasteiger charge is -2.28. The number of piperidine rings is 1. The fourth-order valence-electron chi connectivity index (χ4n) is 2.67. The van der Waals surface area contributed by atoms with E-state index in [4.69, 9.17) is 23.2 Å². The Hall–Kier alpha value is -0.550. The van der Waals surface area contributed by atoms with Crippen LogP contribution in [0.2, 0.25) is 10.0 Å². The third-order valence-electron chi connectivity index (χ3n) is 3.95. The largest absolute Gasteiger partial charge is 0.306 e. The molecular formula is C14H16Cl2N2OS. The number of hydrogen-bond acceptors (Lipinski definition) is 3. The zero-order valence-electron chi connectivity index (χ0n) is 11.2. The summed E-state index contributed by atoms with van der Waals surface area (Å²) < 4.78 is 2.77. The van der Waals surface area contributed by atoms with Crippen LogP contribution in [0.5, 0.6) is 0 Å². The van der Waals surface area contributed by atoms with Gasteiger partial charge in [-0.15, -0.1) is 0 Å². The van der Waals surface area contributed by atoms with Crippen molar-refractivity contribution < 1.29 is 0 Å². The van der Waals surface area contributed by atoms with Crippen molar-refractivity contribution in [2.24, 2.45) is 5.92 Å². The zero-order chi connectivity index (χ0) is 14.3. The normalized spacial score (nSPS) is 17.9. The van der Waals surface area contributed by atoms with Gasteiger partial charge in [0.1, 0.15) is 0 Å². The maximum atomic E-state index is 12.4. The van der Waals surface area contributed by atoms with Gasteiger partial charge in [0.05, 0.1) is 20.1 Å². The highest BCUT2D eigenvalue weighted by molar-refractivity contribution is 7.13. The maximum Gasteiger partial charge on any atom is 0.268 e. The molecule has 108 valence electrons. The molecule has 1 fully saturated rings. The van der Waals surface area contributed by atoms with Crippen molar-refractivity contribution >= 4 is 44.8 Å². The third-order valence-corrected chi connectivity index (χ3v) is 5.74. The molecular weight excluding hydrogens is 315 g/mol. The number of hydrogen-bond donors (Lipinski definition) is 0. The highest BCUT2D eigenvalue weighted by Gasteiger charge is 2.19. The lowest BCUT2D eigenvalue weighted by molar-refractivity contribution is 0.207. The Morgan fingerprint density at radius 2 is 1.90 bits per heavy atom. The highest BCUT2D eigenvalue weighted by atomic mass is 35.5. The summed E-state index contributed by atoms with van der Waals surface area (Å²) >= 11 is 13.5. The number of nitrogens with zero attached hydrogens (tertiary/aromatic N) is 2. The summed E-state index contributed by atoms with van der Waals surface area (Å²) in [7, 11) is 2.14. The van der Waals surface area contributed by atoms with E-state index in [9.17, 15) is 4.79 Å². The van der Waals surface area contributed by atoms with Crippen LogP contribution >= 0.6 is 34.7 Å². The lowest BCUT2D eigenvalue weighted by Crippen LogP contribution is -2.32. The molecule has 0 radical (unpaired) electrons. The predicted molar refractivity (Wildman–Crippen MR) is 86.3 cm³/mol. The van der Waals surface area contributed by atoms with Gasteiger partial charge in [-0.1, -0.05) is 34.7 Å². The van der Waals surface area contributed by atoms with E-state index in [2.05, 4.69) is 11.9 Å². The van der Waals surface area contributed by atoms with E-state index >= 15 is 0 Å². The van der Waals surface area contributed by atoms with E-state index in [1.807, 2.05) is 3.96 Å². The molecule has 1 aliphatic rings. The van der Waals surface area contributed by atoms with Crippen molar-refractivity contribution in [2.75, 3.05) is 20.1 Å². The molecule has 3 rings (SSSR count). The smallest absolute Gasteiger partial charge is 0.268 e. The van der Waals surface area contributed by atoms with Crippen molar-refractivity contribution in [3.8, 4) is 0 Å². The number of fused-ring (bicyclic) bond motifs is 1. The SMILES string of the molecule is CN1CCC(Cn2sc3cc(Cl)c(Cl)cc3c2=O)CC1. The summed E-state index contributed by atoms with van der Waals surface area (Å²) in [5.41, 5.74) is 0.0579.